The van der Waals surface area contributed by atoms with E-state index in [1.807, 2.05) is 0 Å². The molecule has 0 amide bonds. The van der Waals surface area contributed by atoms with Crippen molar-refractivity contribution >= 4 is 37.0 Å². The molecule has 2 nitrogen and oxygen atoms in total. The first kappa shape index (κ1) is 41.8. The molecular formula is C39H63BrN2Ni-. The van der Waals surface area contributed by atoms with Crippen LogP contribution in [0.25, 0.3) is 0 Å². The Hall–Kier alpha value is -1.25. The summed E-state index contributed by atoms with van der Waals surface area (Å²) in [5, 5.41) is 0. The number of aryl methyl sites for hydroxylation is 4. The van der Waals surface area contributed by atoms with Crippen LogP contribution in [0.4, 0.5) is 11.4 Å². The molecule has 43 heavy (non-hydrogen) atoms. The molecule has 2 aromatic rings. The van der Waals surface area contributed by atoms with E-state index in [1.54, 1.807) is 0 Å². The standard InChI is InChI=1S/C38H60N2.CH3.BrH.Ni/c1-8-13-16-18-19-21-24-35-29-36(26-25-32(35)11-4)40-38(12-5)31(7)39-37-27-33(22-15-10-3)30(6)34(28-37)23-20-17-14-9-2;;;/h25-29H,8-24H2,1-7H3;1H3;1H;/q;-1;;+1/p-1. The minimum absolute atomic E-state index is 0. The van der Waals surface area contributed by atoms with Crippen LogP contribution in [0.5, 0.6) is 0 Å². The van der Waals surface area contributed by atoms with E-state index in [9.17, 15) is 0 Å². The van der Waals surface area contributed by atoms with Crippen LogP contribution in [-0.2, 0) is 39.4 Å². The van der Waals surface area contributed by atoms with E-state index in [0.717, 1.165) is 54.9 Å². The van der Waals surface area contributed by atoms with E-state index in [-0.39, 0.29) is 7.43 Å². The summed E-state index contributed by atoms with van der Waals surface area (Å²) in [7, 11) is 0. The monoisotopic (exact) mass is 696 g/mol. The zero-order valence-electron chi connectivity index (χ0n) is 29.0. The number of rotatable bonds is 20. The van der Waals surface area contributed by atoms with Crippen LogP contribution in [0.1, 0.15) is 153 Å². The zero-order valence-corrected chi connectivity index (χ0v) is 31.6. The van der Waals surface area contributed by atoms with Gasteiger partial charge in [0.1, 0.15) is 0 Å². The van der Waals surface area contributed by atoms with Crippen molar-refractivity contribution in [2.24, 2.45) is 9.98 Å². The van der Waals surface area contributed by atoms with Crippen molar-refractivity contribution in [1.82, 2.24) is 0 Å². The molecule has 247 valence electrons. The minimum atomic E-state index is 0. The Bertz CT molecular complexity index is 1070. The first-order valence-corrected chi connectivity index (χ1v) is 19.4. The number of aliphatic imine (C=N–C) groups is 2. The molecular weight excluding hydrogens is 635 g/mol. The number of unbranched alkanes of at least 4 members (excludes halogenated alkanes) is 9. The molecule has 0 heterocycles. The van der Waals surface area contributed by atoms with Crippen molar-refractivity contribution in [3.63, 3.8) is 0 Å². The van der Waals surface area contributed by atoms with Crippen molar-refractivity contribution in [3.8, 4) is 0 Å². The fourth-order valence-electron chi connectivity index (χ4n) is 5.70. The van der Waals surface area contributed by atoms with Gasteiger partial charge in [0.2, 0.25) is 0 Å². The summed E-state index contributed by atoms with van der Waals surface area (Å²) in [6.07, 6.45) is 21.1. The van der Waals surface area contributed by atoms with E-state index >= 15 is 0 Å². The van der Waals surface area contributed by atoms with E-state index in [1.165, 1.54) is 105 Å². The van der Waals surface area contributed by atoms with Crippen molar-refractivity contribution < 1.29 is 13.7 Å². The maximum atomic E-state index is 5.17. The molecule has 0 fully saturated rings. The summed E-state index contributed by atoms with van der Waals surface area (Å²) in [5.74, 6) is 0. The maximum absolute atomic E-state index is 5.17. The number of nitrogens with zero attached hydrogens (tertiary/aromatic N) is 2. The van der Waals surface area contributed by atoms with Gasteiger partial charge in [0.05, 0.1) is 22.8 Å². The Morgan fingerprint density at radius 1 is 0.605 bits per heavy atom. The average molecular weight is 699 g/mol. The van der Waals surface area contributed by atoms with Crippen LogP contribution in [0.15, 0.2) is 40.3 Å². The molecule has 0 aliphatic carbocycles. The second-order valence-electron chi connectivity index (χ2n) is 11.7. The van der Waals surface area contributed by atoms with Crippen LogP contribution < -0.4 is 0 Å². The van der Waals surface area contributed by atoms with Gasteiger partial charge in [-0.05, 0) is 117 Å². The van der Waals surface area contributed by atoms with Crippen LogP contribution in [0, 0.1) is 14.4 Å². The summed E-state index contributed by atoms with van der Waals surface area (Å²) in [5.41, 5.74) is 11.7. The molecule has 0 atom stereocenters. The number of benzene rings is 2. The molecule has 0 radical (unpaired) electrons. The third kappa shape index (κ3) is 16.0. The topological polar surface area (TPSA) is 24.7 Å². The molecule has 2 aromatic carbocycles. The van der Waals surface area contributed by atoms with E-state index in [0.29, 0.717) is 0 Å². The molecule has 0 aliphatic rings. The number of hydrogen-bond donors (Lipinski definition) is 0. The van der Waals surface area contributed by atoms with Crippen molar-refractivity contribution in [2.75, 3.05) is 0 Å². The molecule has 0 unspecified atom stereocenters. The fourth-order valence-corrected chi connectivity index (χ4v) is 5.70. The Kier molecular flexibility index (Phi) is 25.3. The summed E-state index contributed by atoms with van der Waals surface area (Å²) in [6.45, 7) is 15.8. The van der Waals surface area contributed by atoms with Crippen molar-refractivity contribution in [1.29, 1.82) is 0 Å². The van der Waals surface area contributed by atoms with Crippen molar-refractivity contribution in [3.05, 3.63) is 65.6 Å². The molecule has 0 aromatic heterocycles. The van der Waals surface area contributed by atoms with Gasteiger partial charge in [-0.2, -0.15) is 0 Å². The van der Waals surface area contributed by atoms with Gasteiger partial charge in [0.25, 0.3) is 0 Å². The second-order valence-corrected chi connectivity index (χ2v) is 11.7. The normalized spacial score (nSPS) is 11.7. The fraction of sp³-hybridized carbons (Fsp3) is 0.615. The molecule has 0 bridgehead atoms. The molecule has 2 rings (SSSR count). The third-order valence-corrected chi connectivity index (χ3v) is 8.39. The van der Waals surface area contributed by atoms with E-state index in [2.05, 4.69) is 107 Å². The SMILES string of the molecule is CCCCCCCCc1cc(N=C(CC)C(C)=Nc2cc(CCCC)c(C)c(CCCCCC)c2)ccc1CC.[CH3-].[Ni][Br]. The molecule has 0 saturated heterocycles. The van der Waals surface area contributed by atoms with Gasteiger partial charge in [-0.1, -0.05) is 98.5 Å². The van der Waals surface area contributed by atoms with Gasteiger partial charge in [0, 0.05) is 0 Å². The van der Waals surface area contributed by atoms with Gasteiger partial charge in [0.15, 0.2) is 0 Å². The Morgan fingerprint density at radius 3 is 1.65 bits per heavy atom. The van der Waals surface area contributed by atoms with Crippen LogP contribution in [0.3, 0.4) is 0 Å². The van der Waals surface area contributed by atoms with Crippen LogP contribution in [-0.4, -0.2) is 11.4 Å². The molecule has 0 spiro atoms. The summed E-state index contributed by atoms with van der Waals surface area (Å²) >= 11 is 6.25. The zero-order chi connectivity index (χ0) is 31.2. The summed E-state index contributed by atoms with van der Waals surface area (Å²) in [6, 6.07) is 11.5. The van der Waals surface area contributed by atoms with E-state index in [4.69, 9.17) is 9.98 Å². The molecule has 0 aliphatic heterocycles. The average Bonchev–Trinajstić information content (AvgIpc) is 3.01. The summed E-state index contributed by atoms with van der Waals surface area (Å²) in [4.78, 5) is 10.3. The number of halogens is 1. The van der Waals surface area contributed by atoms with E-state index < -0.39 is 0 Å². The molecule has 0 saturated carbocycles. The Morgan fingerprint density at radius 2 is 1.09 bits per heavy atom. The predicted molar refractivity (Wildman–Crippen MR) is 196 cm³/mol. The molecule has 0 N–H and O–H groups in total. The first-order chi connectivity index (χ1) is 20.5. The van der Waals surface area contributed by atoms with Crippen LogP contribution in [0.2, 0.25) is 0 Å². The first-order valence-electron chi connectivity index (χ1n) is 17.0. The van der Waals surface area contributed by atoms with Gasteiger partial charge >= 0.3 is 27.9 Å². The van der Waals surface area contributed by atoms with Gasteiger partial charge in [-0.3, -0.25) is 9.98 Å². The van der Waals surface area contributed by atoms with Crippen molar-refractivity contribution in [2.45, 2.75) is 158 Å². The van der Waals surface area contributed by atoms with Gasteiger partial charge in [-0.25, -0.2) is 0 Å². The Balaban J connectivity index is 0.00000575. The van der Waals surface area contributed by atoms with Crippen LogP contribution >= 0.6 is 14.2 Å². The summed E-state index contributed by atoms with van der Waals surface area (Å²) < 4.78 is 0. The van der Waals surface area contributed by atoms with Gasteiger partial charge in [-0.15, -0.1) is 0 Å². The number of hydrogen-bond acceptors (Lipinski definition) is 2. The Labute approximate surface area is 282 Å². The molecule has 4 heteroatoms. The second kappa shape index (κ2) is 26.0. The predicted octanol–water partition coefficient (Wildman–Crippen LogP) is 13.5. The quantitative estimate of drug-likeness (QED) is 0.0569. The third-order valence-electron chi connectivity index (χ3n) is 8.39. The van der Waals surface area contributed by atoms with Gasteiger partial charge < -0.3 is 7.43 Å².